The average molecular weight is 288 g/mol. The average Bonchev–Trinajstić information content (AvgIpc) is 2.62. The second-order valence-electron chi connectivity index (χ2n) is 5.40. The van der Waals surface area contributed by atoms with Gasteiger partial charge in [0.05, 0.1) is 11.7 Å². The Morgan fingerprint density at radius 1 is 0.727 bits per heavy atom. The largest absolute Gasteiger partial charge is 0.298 e. The summed E-state index contributed by atoms with van der Waals surface area (Å²) in [5, 5.41) is 3.70. The van der Waals surface area contributed by atoms with E-state index in [0.717, 1.165) is 5.69 Å². The molecule has 2 atom stereocenters. The van der Waals surface area contributed by atoms with Crippen LogP contribution in [0, 0.1) is 0 Å². The van der Waals surface area contributed by atoms with E-state index < -0.39 is 0 Å². The van der Waals surface area contributed by atoms with E-state index in [1.54, 1.807) is 0 Å². The number of pyridine rings is 1. The van der Waals surface area contributed by atoms with Crippen molar-refractivity contribution in [2.75, 3.05) is 0 Å². The summed E-state index contributed by atoms with van der Waals surface area (Å²) in [6.45, 7) is 2.19. The fourth-order valence-corrected chi connectivity index (χ4v) is 2.63. The van der Waals surface area contributed by atoms with Crippen molar-refractivity contribution in [2.24, 2.45) is 0 Å². The van der Waals surface area contributed by atoms with Gasteiger partial charge in [-0.15, -0.1) is 0 Å². The van der Waals surface area contributed by atoms with Gasteiger partial charge < -0.3 is 0 Å². The van der Waals surface area contributed by atoms with Crippen LogP contribution in [0.4, 0.5) is 0 Å². The summed E-state index contributed by atoms with van der Waals surface area (Å²) in [6.07, 6.45) is 1.85. The highest BCUT2D eigenvalue weighted by atomic mass is 15.0. The van der Waals surface area contributed by atoms with Crippen LogP contribution in [0.15, 0.2) is 85.1 Å². The van der Waals surface area contributed by atoms with E-state index >= 15 is 0 Å². The predicted octanol–water partition coefficient (Wildman–Crippen LogP) is 4.52. The van der Waals surface area contributed by atoms with Gasteiger partial charge in [0, 0.05) is 12.2 Å². The van der Waals surface area contributed by atoms with E-state index in [4.69, 9.17) is 0 Å². The van der Waals surface area contributed by atoms with Gasteiger partial charge in [-0.05, 0) is 30.2 Å². The highest BCUT2D eigenvalue weighted by molar-refractivity contribution is 5.29. The molecule has 3 aromatic rings. The van der Waals surface area contributed by atoms with Crippen LogP contribution in [0.25, 0.3) is 0 Å². The molecule has 3 rings (SSSR count). The SMILES string of the molecule is C[C@H](N[C@H](c1ccccc1)c1ccccn1)c1ccccc1. The molecule has 0 aliphatic rings. The standard InChI is InChI=1S/C20H20N2/c1-16(17-10-4-2-5-11-17)22-20(18-12-6-3-7-13-18)19-14-8-9-15-21-19/h2-16,20,22H,1H3/t16-,20+/m0/s1. The monoisotopic (exact) mass is 288 g/mol. The van der Waals surface area contributed by atoms with Crippen molar-refractivity contribution in [3.63, 3.8) is 0 Å². The third-order valence-corrected chi connectivity index (χ3v) is 3.83. The first-order chi connectivity index (χ1) is 10.8. The number of nitrogens with zero attached hydrogens (tertiary/aromatic N) is 1. The van der Waals surface area contributed by atoms with Crippen LogP contribution in [0.1, 0.15) is 35.8 Å². The van der Waals surface area contributed by atoms with Crippen molar-refractivity contribution in [1.29, 1.82) is 0 Å². The molecular weight excluding hydrogens is 268 g/mol. The zero-order valence-corrected chi connectivity index (χ0v) is 12.7. The summed E-state index contributed by atoms with van der Waals surface area (Å²) in [6, 6.07) is 27.3. The first kappa shape index (κ1) is 14.5. The lowest BCUT2D eigenvalue weighted by atomic mass is 10.00. The van der Waals surface area contributed by atoms with Crippen molar-refractivity contribution < 1.29 is 0 Å². The summed E-state index contributed by atoms with van der Waals surface area (Å²) in [7, 11) is 0. The molecule has 22 heavy (non-hydrogen) atoms. The van der Waals surface area contributed by atoms with E-state index in [-0.39, 0.29) is 12.1 Å². The first-order valence-corrected chi connectivity index (χ1v) is 7.61. The molecule has 1 aromatic heterocycles. The highest BCUT2D eigenvalue weighted by Gasteiger charge is 2.18. The van der Waals surface area contributed by atoms with Gasteiger partial charge in [0.15, 0.2) is 0 Å². The molecule has 110 valence electrons. The van der Waals surface area contributed by atoms with E-state index in [1.807, 2.05) is 30.5 Å². The van der Waals surface area contributed by atoms with E-state index in [9.17, 15) is 0 Å². The summed E-state index contributed by atoms with van der Waals surface area (Å²) < 4.78 is 0. The highest BCUT2D eigenvalue weighted by Crippen LogP contribution is 2.24. The molecule has 0 unspecified atom stereocenters. The zero-order valence-electron chi connectivity index (χ0n) is 12.7. The Balaban J connectivity index is 1.90. The van der Waals surface area contributed by atoms with Crippen molar-refractivity contribution in [3.8, 4) is 0 Å². The molecule has 0 aliphatic heterocycles. The van der Waals surface area contributed by atoms with Gasteiger partial charge in [0.2, 0.25) is 0 Å². The zero-order chi connectivity index (χ0) is 15.2. The molecule has 0 radical (unpaired) electrons. The van der Waals surface area contributed by atoms with Crippen molar-refractivity contribution >= 4 is 0 Å². The molecule has 0 amide bonds. The second kappa shape index (κ2) is 7.01. The number of rotatable bonds is 5. The predicted molar refractivity (Wildman–Crippen MR) is 90.5 cm³/mol. The number of benzene rings is 2. The third kappa shape index (κ3) is 3.41. The number of aromatic nitrogens is 1. The lowest BCUT2D eigenvalue weighted by Gasteiger charge is -2.24. The maximum absolute atomic E-state index is 4.54. The molecule has 0 saturated carbocycles. The molecule has 0 bridgehead atoms. The topological polar surface area (TPSA) is 24.9 Å². The lowest BCUT2D eigenvalue weighted by Crippen LogP contribution is -2.26. The summed E-state index contributed by atoms with van der Waals surface area (Å²) in [5.41, 5.74) is 3.54. The Kier molecular flexibility index (Phi) is 4.62. The Morgan fingerprint density at radius 3 is 1.91 bits per heavy atom. The van der Waals surface area contributed by atoms with Crippen molar-refractivity contribution in [1.82, 2.24) is 10.3 Å². The molecule has 0 saturated heterocycles. The van der Waals surface area contributed by atoms with Gasteiger partial charge >= 0.3 is 0 Å². The number of hydrogen-bond acceptors (Lipinski definition) is 2. The van der Waals surface area contributed by atoms with Crippen LogP contribution < -0.4 is 5.32 Å². The summed E-state index contributed by atoms with van der Waals surface area (Å²) in [4.78, 5) is 4.54. The molecule has 0 aliphatic carbocycles. The molecule has 2 nitrogen and oxygen atoms in total. The maximum Gasteiger partial charge on any atom is 0.0756 e. The Morgan fingerprint density at radius 2 is 1.32 bits per heavy atom. The Bertz CT molecular complexity index is 641. The minimum atomic E-state index is 0.0811. The molecule has 0 spiro atoms. The molecule has 0 fully saturated rings. The van der Waals surface area contributed by atoms with E-state index in [1.165, 1.54) is 11.1 Å². The van der Waals surface area contributed by atoms with E-state index in [0.29, 0.717) is 0 Å². The smallest absolute Gasteiger partial charge is 0.0756 e. The second-order valence-corrected chi connectivity index (χ2v) is 5.40. The molecule has 2 aromatic carbocycles. The van der Waals surface area contributed by atoms with Crippen molar-refractivity contribution in [2.45, 2.75) is 19.0 Å². The van der Waals surface area contributed by atoms with Crippen LogP contribution in [0.3, 0.4) is 0 Å². The molecule has 1 heterocycles. The minimum absolute atomic E-state index is 0.0811. The van der Waals surface area contributed by atoms with Gasteiger partial charge in [-0.25, -0.2) is 0 Å². The van der Waals surface area contributed by atoms with Crippen LogP contribution >= 0.6 is 0 Å². The van der Waals surface area contributed by atoms with Gasteiger partial charge in [-0.3, -0.25) is 10.3 Å². The van der Waals surface area contributed by atoms with Crippen LogP contribution in [0.2, 0.25) is 0 Å². The molecule has 1 N–H and O–H groups in total. The first-order valence-electron chi connectivity index (χ1n) is 7.61. The fraction of sp³-hybridized carbons (Fsp3) is 0.150. The van der Waals surface area contributed by atoms with Gasteiger partial charge in [-0.1, -0.05) is 66.7 Å². The normalized spacial score (nSPS) is 13.5. The Hall–Kier alpha value is -2.45. The third-order valence-electron chi connectivity index (χ3n) is 3.83. The quantitative estimate of drug-likeness (QED) is 0.746. The van der Waals surface area contributed by atoms with Gasteiger partial charge in [0.1, 0.15) is 0 Å². The number of hydrogen-bond donors (Lipinski definition) is 1. The Labute approximate surface area is 131 Å². The van der Waals surface area contributed by atoms with Crippen LogP contribution in [0.5, 0.6) is 0 Å². The maximum atomic E-state index is 4.54. The van der Waals surface area contributed by atoms with Gasteiger partial charge in [-0.2, -0.15) is 0 Å². The lowest BCUT2D eigenvalue weighted by molar-refractivity contribution is 0.508. The van der Waals surface area contributed by atoms with E-state index in [2.05, 4.69) is 71.8 Å². The molecule has 2 heteroatoms. The van der Waals surface area contributed by atoms with Crippen LogP contribution in [-0.2, 0) is 0 Å². The minimum Gasteiger partial charge on any atom is -0.298 e. The molecular formula is C20H20N2. The number of nitrogens with one attached hydrogen (secondary N) is 1. The fourth-order valence-electron chi connectivity index (χ4n) is 2.63. The summed E-state index contributed by atoms with van der Waals surface area (Å²) >= 11 is 0. The van der Waals surface area contributed by atoms with Gasteiger partial charge in [0.25, 0.3) is 0 Å². The van der Waals surface area contributed by atoms with Crippen LogP contribution in [-0.4, -0.2) is 4.98 Å². The summed E-state index contributed by atoms with van der Waals surface area (Å²) in [5.74, 6) is 0. The van der Waals surface area contributed by atoms with Crippen molar-refractivity contribution in [3.05, 3.63) is 102 Å².